The first-order valence-electron chi connectivity index (χ1n) is 4.55. The van der Waals surface area contributed by atoms with E-state index in [0.29, 0.717) is 6.42 Å². The first kappa shape index (κ1) is 9.68. The first-order valence-corrected chi connectivity index (χ1v) is 4.55. The Kier molecular flexibility index (Phi) is 1.94. The lowest BCUT2D eigenvalue weighted by molar-refractivity contribution is -0.159. The smallest absolute Gasteiger partial charge is 0.299 e. The molecule has 2 rings (SSSR count). The van der Waals surface area contributed by atoms with E-state index in [4.69, 9.17) is 0 Å². The van der Waals surface area contributed by atoms with Crippen LogP contribution in [0.2, 0.25) is 0 Å². The standard InChI is InChI=1S/C9H9F3O2/c10-9(11,12)8-6-4(13)2-1-3-5(14)7(6)8/h6-8H,1-3H2/t6-,7+,8?. The van der Waals surface area contributed by atoms with Crippen molar-refractivity contribution in [2.75, 3.05) is 0 Å². The highest BCUT2D eigenvalue weighted by Gasteiger charge is 2.69. The van der Waals surface area contributed by atoms with Crippen LogP contribution in [-0.2, 0) is 9.59 Å². The number of Topliss-reactive ketones (excluding diaryl/α,β-unsaturated/α-hetero) is 2. The Morgan fingerprint density at radius 3 is 1.79 bits per heavy atom. The minimum Gasteiger partial charge on any atom is -0.299 e. The molecule has 2 aliphatic carbocycles. The van der Waals surface area contributed by atoms with E-state index in [-0.39, 0.29) is 24.4 Å². The van der Waals surface area contributed by atoms with E-state index in [1.165, 1.54) is 0 Å². The Morgan fingerprint density at radius 1 is 1.00 bits per heavy atom. The molecule has 14 heavy (non-hydrogen) atoms. The van der Waals surface area contributed by atoms with Gasteiger partial charge < -0.3 is 0 Å². The maximum atomic E-state index is 12.3. The summed E-state index contributed by atoms with van der Waals surface area (Å²) < 4.78 is 37.0. The van der Waals surface area contributed by atoms with Gasteiger partial charge in [0.1, 0.15) is 11.6 Å². The number of ketones is 2. The van der Waals surface area contributed by atoms with Crippen LogP contribution < -0.4 is 0 Å². The second-order valence-corrected chi connectivity index (χ2v) is 3.91. The van der Waals surface area contributed by atoms with E-state index < -0.39 is 23.9 Å². The van der Waals surface area contributed by atoms with Crippen molar-refractivity contribution in [3.63, 3.8) is 0 Å². The SMILES string of the molecule is O=C1CCCC(=O)[C@H]2C(C(F)(F)F)[C@@H]12. The summed E-state index contributed by atoms with van der Waals surface area (Å²) in [5.41, 5.74) is 0. The van der Waals surface area contributed by atoms with Crippen LogP contribution in [0.1, 0.15) is 19.3 Å². The summed E-state index contributed by atoms with van der Waals surface area (Å²) in [5.74, 6) is -4.55. The van der Waals surface area contributed by atoms with Crippen LogP contribution >= 0.6 is 0 Å². The summed E-state index contributed by atoms with van der Waals surface area (Å²) in [7, 11) is 0. The van der Waals surface area contributed by atoms with Crippen LogP contribution in [0.5, 0.6) is 0 Å². The molecule has 0 aromatic carbocycles. The van der Waals surface area contributed by atoms with Crippen molar-refractivity contribution < 1.29 is 22.8 Å². The highest BCUT2D eigenvalue weighted by molar-refractivity contribution is 5.97. The molecule has 0 aliphatic heterocycles. The molecular formula is C9H9F3O2. The summed E-state index contributed by atoms with van der Waals surface area (Å²) >= 11 is 0. The molecule has 2 aliphatic rings. The van der Waals surface area contributed by atoms with Crippen molar-refractivity contribution in [2.45, 2.75) is 25.4 Å². The maximum absolute atomic E-state index is 12.3. The van der Waals surface area contributed by atoms with Gasteiger partial charge in [-0.2, -0.15) is 13.2 Å². The molecule has 0 aromatic heterocycles. The number of carbonyl (C=O) groups is 2. The van der Waals surface area contributed by atoms with E-state index in [0.717, 1.165) is 0 Å². The quantitative estimate of drug-likeness (QED) is 0.604. The molecule has 0 aromatic rings. The molecule has 2 nitrogen and oxygen atoms in total. The molecule has 0 amide bonds. The van der Waals surface area contributed by atoms with E-state index >= 15 is 0 Å². The van der Waals surface area contributed by atoms with Crippen LogP contribution in [0.3, 0.4) is 0 Å². The molecule has 5 heteroatoms. The third-order valence-electron chi connectivity index (χ3n) is 2.99. The lowest BCUT2D eigenvalue weighted by Gasteiger charge is -2.05. The zero-order valence-corrected chi connectivity index (χ0v) is 7.30. The van der Waals surface area contributed by atoms with Gasteiger partial charge in [0, 0.05) is 24.7 Å². The first-order chi connectivity index (χ1) is 6.43. The minimum atomic E-state index is -4.39. The predicted octanol–water partition coefficient (Wildman–Crippen LogP) is 1.73. The van der Waals surface area contributed by atoms with Gasteiger partial charge >= 0.3 is 6.18 Å². The van der Waals surface area contributed by atoms with Gasteiger partial charge in [-0.3, -0.25) is 9.59 Å². The fourth-order valence-corrected chi connectivity index (χ4v) is 2.29. The number of carbonyl (C=O) groups excluding carboxylic acids is 2. The van der Waals surface area contributed by atoms with Crippen LogP contribution in [0.4, 0.5) is 13.2 Å². The Bertz CT molecular complexity index is 273. The second kappa shape index (κ2) is 2.81. The van der Waals surface area contributed by atoms with E-state index in [9.17, 15) is 22.8 Å². The third kappa shape index (κ3) is 1.35. The highest BCUT2D eigenvalue weighted by Crippen LogP contribution is 2.58. The van der Waals surface area contributed by atoms with Gasteiger partial charge in [0.25, 0.3) is 0 Å². The van der Waals surface area contributed by atoms with E-state index in [1.54, 1.807) is 0 Å². The van der Waals surface area contributed by atoms with Crippen LogP contribution in [0, 0.1) is 17.8 Å². The molecule has 78 valence electrons. The Balaban J connectivity index is 2.20. The average Bonchev–Trinajstić information content (AvgIpc) is 2.75. The summed E-state index contributed by atoms with van der Waals surface area (Å²) in [6.45, 7) is 0. The zero-order valence-electron chi connectivity index (χ0n) is 7.30. The number of alkyl halides is 3. The summed E-state index contributed by atoms with van der Waals surface area (Å²) in [6.07, 6.45) is -3.73. The molecule has 1 unspecified atom stereocenters. The fraction of sp³-hybridized carbons (Fsp3) is 0.778. The van der Waals surface area contributed by atoms with Gasteiger partial charge in [-0.05, 0) is 6.42 Å². The lowest BCUT2D eigenvalue weighted by atomic mass is 10.1. The molecule has 0 bridgehead atoms. The van der Waals surface area contributed by atoms with Crippen LogP contribution in [-0.4, -0.2) is 17.7 Å². The molecule has 2 fully saturated rings. The molecule has 3 atom stereocenters. The number of hydrogen-bond acceptors (Lipinski definition) is 2. The predicted molar refractivity (Wildman–Crippen MR) is 40.4 cm³/mol. The van der Waals surface area contributed by atoms with Crippen molar-refractivity contribution in [2.24, 2.45) is 17.8 Å². The molecule has 0 N–H and O–H groups in total. The van der Waals surface area contributed by atoms with E-state index in [2.05, 4.69) is 0 Å². The summed E-state index contributed by atoms with van der Waals surface area (Å²) in [6, 6.07) is 0. The van der Waals surface area contributed by atoms with Gasteiger partial charge in [0.2, 0.25) is 0 Å². The molecule has 0 radical (unpaired) electrons. The largest absolute Gasteiger partial charge is 0.393 e. The third-order valence-corrected chi connectivity index (χ3v) is 2.99. The maximum Gasteiger partial charge on any atom is 0.393 e. The molecule has 2 saturated carbocycles. The van der Waals surface area contributed by atoms with Crippen LogP contribution in [0.25, 0.3) is 0 Å². The van der Waals surface area contributed by atoms with Crippen molar-refractivity contribution >= 4 is 11.6 Å². The van der Waals surface area contributed by atoms with Gasteiger partial charge in [0.05, 0.1) is 5.92 Å². The van der Waals surface area contributed by atoms with Gasteiger partial charge in [0.15, 0.2) is 0 Å². The number of rotatable bonds is 0. The van der Waals surface area contributed by atoms with Crippen molar-refractivity contribution in [1.82, 2.24) is 0 Å². The average molecular weight is 206 g/mol. The summed E-state index contributed by atoms with van der Waals surface area (Å²) in [5, 5.41) is 0. The fourth-order valence-electron chi connectivity index (χ4n) is 2.29. The summed E-state index contributed by atoms with van der Waals surface area (Å²) in [4.78, 5) is 22.4. The van der Waals surface area contributed by atoms with Gasteiger partial charge in [-0.25, -0.2) is 0 Å². The molecule has 0 heterocycles. The van der Waals surface area contributed by atoms with E-state index in [1.807, 2.05) is 0 Å². The van der Waals surface area contributed by atoms with Crippen LogP contribution in [0.15, 0.2) is 0 Å². The number of halogens is 3. The highest BCUT2D eigenvalue weighted by atomic mass is 19.4. The molecule has 0 saturated heterocycles. The molecule has 0 spiro atoms. The van der Waals surface area contributed by atoms with Crippen molar-refractivity contribution in [3.8, 4) is 0 Å². The van der Waals surface area contributed by atoms with Gasteiger partial charge in [-0.1, -0.05) is 0 Å². The minimum absolute atomic E-state index is 0.124. The Hall–Kier alpha value is -0.870. The number of hydrogen-bond donors (Lipinski definition) is 0. The molecular weight excluding hydrogens is 197 g/mol. The van der Waals surface area contributed by atoms with Crippen molar-refractivity contribution in [3.05, 3.63) is 0 Å². The van der Waals surface area contributed by atoms with Crippen molar-refractivity contribution in [1.29, 1.82) is 0 Å². The monoisotopic (exact) mass is 206 g/mol. The number of fused-ring (bicyclic) bond motifs is 1. The normalized spacial score (nSPS) is 37.8. The topological polar surface area (TPSA) is 34.1 Å². The zero-order chi connectivity index (χ0) is 10.5. The Morgan fingerprint density at radius 2 is 1.43 bits per heavy atom. The second-order valence-electron chi connectivity index (χ2n) is 3.91. The Labute approximate surface area is 78.5 Å². The van der Waals surface area contributed by atoms with Gasteiger partial charge in [-0.15, -0.1) is 0 Å². The lowest BCUT2D eigenvalue weighted by Crippen LogP contribution is -2.17.